The van der Waals surface area contributed by atoms with Gasteiger partial charge in [-0.15, -0.1) is 0 Å². The van der Waals surface area contributed by atoms with Crippen molar-refractivity contribution in [2.75, 3.05) is 0 Å². The summed E-state index contributed by atoms with van der Waals surface area (Å²) in [4.78, 5) is 11.6. The monoisotopic (exact) mass is 248 g/mol. The first-order chi connectivity index (χ1) is 8.40. The van der Waals surface area contributed by atoms with E-state index < -0.39 is 0 Å². The molecule has 0 aromatic rings. The first kappa shape index (κ1) is 12.0. The Morgan fingerprint density at radius 3 is 2.94 bits per heavy atom. The molecule has 0 radical (unpaired) electrons. The molecule has 3 unspecified atom stereocenters. The van der Waals surface area contributed by atoms with E-state index in [0.29, 0.717) is 11.5 Å². The van der Waals surface area contributed by atoms with Crippen molar-refractivity contribution in [2.24, 2.45) is 17.3 Å². The quantitative estimate of drug-likeness (QED) is 0.406. The van der Waals surface area contributed by atoms with Crippen LogP contribution in [0.4, 0.5) is 0 Å². The second-order valence-electron chi connectivity index (χ2n) is 6.38. The predicted molar refractivity (Wildman–Crippen MR) is 67.7 cm³/mol. The van der Waals surface area contributed by atoms with Crippen LogP contribution in [0.25, 0.3) is 0 Å². The van der Waals surface area contributed by atoms with Crippen LogP contribution in [-0.4, -0.2) is 23.3 Å². The van der Waals surface area contributed by atoms with Gasteiger partial charge in [-0.2, -0.15) is 0 Å². The van der Waals surface area contributed by atoms with Crippen molar-refractivity contribution in [1.29, 1.82) is 0 Å². The molecule has 5 atom stereocenters. The molecule has 1 aliphatic heterocycles. The predicted octanol–water partition coefficient (Wildman–Crippen LogP) is 2.21. The second-order valence-corrected chi connectivity index (χ2v) is 6.38. The maximum absolute atomic E-state index is 11.6. The molecule has 0 aromatic carbocycles. The van der Waals surface area contributed by atoms with Crippen molar-refractivity contribution in [1.82, 2.24) is 0 Å². The minimum absolute atomic E-state index is 0.0247. The number of ether oxygens (including phenoxy) is 1. The normalized spacial score (nSPS) is 47.2. The lowest BCUT2D eigenvalue weighted by atomic mass is 9.59. The lowest BCUT2D eigenvalue weighted by molar-refractivity contribution is -0.140. The summed E-state index contributed by atoms with van der Waals surface area (Å²) in [5.74, 6) is 0.179. The Kier molecular flexibility index (Phi) is 2.46. The van der Waals surface area contributed by atoms with Gasteiger partial charge in [-0.25, -0.2) is 4.79 Å². The number of hydrogen-bond donors (Lipinski definition) is 1. The molecular formula is C15H20O3. The van der Waals surface area contributed by atoms with Gasteiger partial charge in [0, 0.05) is 11.5 Å². The van der Waals surface area contributed by atoms with Gasteiger partial charge >= 0.3 is 5.97 Å². The first-order valence-corrected chi connectivity index (χ1v) is 6.71. The van der Waals surface area contributed by atoms with E-state index in [1.165, 1.54) is 5.57 Å². The third kappa shape index (κ3) is 1.57. The Balaban J connectivity index is 2.00. The molecule has 0 aromatic heterocycles. The number of aliphatic hydroxyl groups excluding tert-OH is 1. The van der Waals surface area contributed by atoms with E-state index in [2.05, 4.69) is 26.5 Å². The Hall–Kier alpha value is -1.09. The fourth-order valence-corrected chi connectivity index (χ4v) is 4.08. The van der Waals surface area contributed by atoms with E-state index >= 15 is 0 Å². The van der Waals surface area contributed by atoms with Gasteiger partial charge in [-0.05, 0) is 30.6 Å². The van der Waals surface area contributed by atoms with E-state index in [9.17, 15) is 9.90 Å². The first-order valence-electron chi connectivity index (χ1n) is 6.71. The molecule has 2 aliphatic carbocycles. The highest BCUT2D eigenvalue weighted by Crippen LogP contribution is 2.53. The highest BCUT2D eigenvalue weighted by atomic mass is 16.6. The van der Waals surface area contributed by atoms with Crippen LogP contribution < -0.4 is 0 Å². The molecule has 1 N–H and O–H groups in total. The van der Waals surface area contributed by atoms with Crippen molar-refractivity contribution in [2.45, 2.75) is 45.3 Å². The number of carbonyl (C=O) groups excluding carboxylic acids is 1. The highest BCUT2D eigenvalue weighted by molar-refractivity contribution is 5.91. The number of fused-ring (bicyclic) bond motifs is 2. The number of allylic oxidation sites excluding steroid dienone is 1. The smallest absolute Gasteiger partial charge is 0.334 e. The van der Waals surface area contributed by atoms with Gasteiger partial charge in [0.25, 0.3) is 0 Å². The standard InChI is InChI=1S/C15H20O3/c1-8-4-10(16)6-15(3)7-13-11(5-12(8)15)9(2)14(17)18-13/h5,8,10-11,13,16H,2,4,6-7H2,1,3H3/t8-,10?,11?,13?,15+/m0/s1. The Morgan fingerprint density at radius 2 is 2.22 bits per heavy atom. The van der Waals surface area contributed by atoms with Gasteiger partial charge in [0.2, 0.25) is 0 Å². The molecule has 18 heavy (non-hydrogen) atoms. The van der Waals surface area contributed by atoms with E-state index in [0.717, 1.165) is 19.3 Å². The number of carbonyl (C=O) groups is 1. The zero-order valence-corrected chi connectivity index (χ0v) is 11.0. The molecule has 98 valence electrons. The largest absolute Gasteiger partial charge is 0.458 e. The fourth-order valence-electron chi connectivity index (χ4n) is 4.08. The molecule has 0 spiro atoms. The molecular weight excluding hydrogens is 228 g/mol. The van der Waals surface area contributed by atoms with E-state index in [4.69, 9.17) is 4.74 Å². The van der Waals surface area contributed by atoms with Crippen molar-refractivity contribution >= 4 is 5.97 Å². The minimum atomic E-state index is -0.253. The average Bonchev–Trinajstić information content (AvgIpc) is 2.50. The zero-order chi connectivity index (χ0) is 13.1. The van der Waals surface area contributed by atoms with Crippen LogP contribution >= 0.6 is 0 Å². The van der Waals surface area contributed by atoms with Gasteiger partial charge in [0.15, 0.2) is 0 Å². The number of rotatable bonds is 0. The van der Waals surface area contributed by atoms with Crippen molar-refractivity contribution in [3.63, 3.8) is 0 Å². The molecule has 1 heterocycles. The molecule has 3 heteroatoms. The maximum Gasteiger partial charge on any atom is 0.334 e. The maximum atomic E-state index is 11.6. The number of esters is 1. The zero-order valence-electron chi connectivity index (χ0n) is 11.0. The van der Waals surface area contributed by atoms with Crippen LogP contribution in [0.5, 0.6) is 0 Å². The summed E-state index contributed by atoms with van der Waals surface area (Å²) in [6.45, 7) is 8.19. The van der Waals surface area contributed by atoms with Gasteiger partial charge in [0.1, 0.15) is 6.10 Å². The lowest BCUT2D eigenvalue weighted by Gasteiger charge is -2.47. The topological polar surface area (TPSA) is 46.5 Å². The second kappa shape index (κ2) is 3.70. The summed E-state index contributed by atoms with van der Waals surface area (Å²) in [6, 6.07) is 0. The van der Waals surface area contributed by atoms with Crippen LogP contribution in [0.2, 0.25) is 0 Å². The van der Waals surface area contributed by atoms with Crippen LogP contribution in [0.1, 0.15) is 33.1 Å². The van der Waals surface area contributed by atoms with Crippen LogP contribution in [0, 0.1) is 17.3 Å². The summed E-state index contributed by atoms with van der Waals surface area (Å²) < 4.78 is 5.40. The number of aliphatic hydroxyl groups is 1. The van der Waals surface area contributed by atoms with Gasteiger partial charge < -0.3 is 9.84 Å². The summed E-state index contributed by atoms with van der Waals surface area (Å²) in [5.41, 5.74) is 1.95. The van der Waals surface area contributed by atoms with Gasteiger partial charge in [-0.3, -0.25) is 0 Å². The molecule has 1 saturated heterocycles. The Morgan fingerprint density at radius 1 is 1.50 bits per heavy atom. The van der Waals surface area contributed by atoms with E-state index in [1.54, 1.807) is 0 Å². The Bertz CT molecular complexity index is 451. The van der Waals surface area contributed by atoms with Crippen molar-refractivity contribution < 1.29 is 14.6 Å². The molecule has 3 nitrogen and oxygen atoms in total. The lowest BCUT2D eigenvalue weighted by Crippen LogP contribution is -2.42. The summed E-state index contributed by atoms with van der Waals surface area (Å²) >= 11 is 0. The SMILES string of the molecule is C=C1C(=O)OC2C[C@@]3(C)CC(O)C[C@H](C)C3=CC12. The molecule has 3 aliphatic rings. The Labute approximate surface area is 108 Å². The van der Waals surface area contributed by atoms with Crippen LogP contribution in [0.15, 0.2) is 23.8 Å². The number of hydrogen-bond acceptors (Lipinski definition) is 3. The van der Waals surface area contributed by atoms with Crippen LogP contribution in [0.3, 0.4) is 0 Å². The fraction of sp³-hybridized carbons (Fsp3) is 0.667. The van der Waals surface area contributed by atoms with E-state index in [-0.39, 0.29) is 29.5 Å². The molecule has 0 bridgehead atoms. The molecule has 2 fully saturated rings. The molecule has 0 amide bonds. The molecule has 1 saturated carbocycles. The summed E-state index contributed by atoms with van der Waals surface area (Å²) in [6.07, 6.45) is 4.29. The average molecular weight is 248 g/mol. The summed E-state index contributed by atoms with van der Waals surface area (Å²) in [7, 11) is 0. The molecule has 3 rings (SSSR count). The van der Waals surface area contributed by atoms with Crippen molar-refractivity contribution in [3.05, 3.63) is 23.8 Å². The van der Waals surface area contributed by atoms with E-state index in [1.807, 2.05) is 0 Å². The van der Waals surface area contributed by atoms with Gasteiger partial charge in [0.05, 0.1) is 6.10 Å². The van der Waals surface area contributed by atoms with Gasteiger partial charge in [-0.1, -0.05) is 32.1 Å². The minimum Gasteiger partial charge on any atom is -0.458 e. The van der Waals surface area contributed by atoms with Crippen molar-refractivity contribution in [3.8, 4) is 0 Å². The van der Waals surface area contributed by atoms with Crippen LogP contribution in [-0.2, 0) is 9.53 Å². The highest BCUT2D eigenvalue weighted by Gasteiger charge is 2.50. The summed E-state index contributed by atoms with van der Waals surface area (Å²) in [5, 5.41) is 9.98. The third-order valence-corrected chi connectivity index (χ3v) is 4.87. The third-order valence-electron chi connectivity index (χ3n) is 4.87.